The van der Waals surface area contributed by atoms with Crippen molar-refractivity contribution in [3.8, 4) is 0 Å². The van der Waals surface area contributed by atoms with E-state index < -0.39 is 0 Å². The minimum atomic E-state index is 1.22. The van der Waals surface area contributed by atoms with Crippen molar-refractivity contribution < 1.29 is 0 Å². The largest absolute Gasteiger partial charge is 0.0845 e. The van der Waals surface area contributed by atoms with E-state index >= 15 is 0 Å². The molecule has 0 rings (SSSR count). The molecule has 0 heteroatoms. The van der Waals surface area contributed by atoms with E-state index in [1.807, 2.05) is 0 Å². The van der Waals surface area contributed by atoms with Gasteiger partial charge >= 0.3 is 0 Å². The quantitative estimate of drug-likeness (QED) is 0.385. The van der Waals surface area contributed by atoms with Gasteiger partial charge in [-0.25, -0.2) is 0 Å². The highest BCUT2D eigenvalue weighted by molar-refractivity contribution is 5.23. The first kappa shape index (κ1) is 14.2. The zero-order valence-electron chi connectivity index (χ0n) is 10.8. The van der Waals surface area contributed by atoms with Crippen LogP contribution in [-0.2, 0) is 0 Å². The van der Waals surface area contributed by atoms with Gasteiger partial charge in [-0.05, 0) is 33.6 Å². The Morgan fingerprint density at radius 1 is 0.933 bits per heavy atom. The van der Waals surface area contributed by atoms with Gasteiger partial charge in [-0.2, -0.15) is 0 Å². The van der Waals surface area contributed by atoms with Crippen molar-refractivity contribution in [2.75, 3.05) is 0 Å². The molecule has 0 atom stereocenters. The molecule has 0 radical (unpaired) electrons. The zero-order valence-corrected chi connectivity index (χ0v) is 10.8. The maximum atomic E-state index is 2.27. The molecule has 0 fully saturated rings. The van der Waals surface area contributed by atoms with Crippen LogP contribution in [0.3, 0.4) is 0 Å². The second kappa shape index (κ2) is 9.76. The predicted molar refractivity (Wildman–Crippen MR) is 71.1 cm³/mol. The summed E-state index contributed by atoms with van der Waals surface area (Å²) in [5.74, 6) is 0. The lowest BCUT2D eigenvalue weighted by Gasteiger charge is -1.94. The summed E-state index contributed by atoms with van der Waals surface area (Å²) in [6, 6.07) is 0. The summed E-state index contributed by atoms with van der Waals surface area (Å²) >= 11 is 0. The fourth-order valence-electron chi connectivity index (χ4n) is 1.23. The number of hydrogen-bond donors (Lipinski definition) is 0. The summed E-state index contributed by atoms with van der Waals surface area (Å²) in [6.07, 6.45) is 15.4. The minimum absolute atomic E-state index is 1.22. The highest BCUT2D eigenvalue weighted by atomic mass is 13.9. The van der Waals surface area contributed by atoms with Crippen molar-refractivity contribution in [1.82, 2.24) is 0 Å². The molecule has 0 N–H and O–H groups in total. The molecule has 15 heavy (non-hydrogen) atoms. The molecule has 0 amide bonds. The third-order valence-corrected chi connectivity index (χ3v) is 2.61. The van der Waals surface area contributed by atoms with Crippen molar-refractivity contribution in [2.45, 2.75) is 59.8 Å². The molecule has 0 aliphatic heterocycles. The van der Waals surface area contributed by atoms with E-state index in [-0.39, 0.29) is 0 Å². The average molecular weight is 206 g/mol. The Hall–Kier alpha value is -0.780. The van der Waals surface area contributed by atoms with E-state index in [0.29, 0.717) is 0 Å². The SMILES string of the molecule is CCCCCCC=CC=CC(C)=C(C)C. The van der Waals surface area contributed by atoms with Gasteiger partial charge in [0.15, 0.2) is 0 Å². The van der Waals surface area contributed by atoms with Gasteiger partial charge in [0, 0.05) is 0 Å². The van der Waals surface area contributed by atoms with Crippen molar-refractivity contribution >= 4 is 0 Å². The Morgan fingerprint density at radius 3 is 2.27 bits per heavy atom. The van der Waals surface area contributed by atoms with Gasteiger partial charge in [-0.1, -0.05) is 61.6 Å². The van der Waals surface area contributed by atoms with Crippen molar-refractivity contribution in [3.05, 3.63) is 35.5 Å². The third-order valence-electron chi connectivity index (χ3n) is 2.61. The zero-order chi connectivity index (χ0) is 11.5. The maximum absolute atomic E-state index is 2.27. The molecule has 0 nitrogen and oxygen atoms in total. The lowest BCUT2D eigenvalue weighted by atomic mass is 10.1. The van der Waals surface area contributed by atoms with Gasteiger partial charge in [0.25, 0.3) is 0 Å². The molecule has 0 unspecified atom stereocenters. The van der Waals surface area contributed by atoms with Crippen LogP contribution < -0.4 is 0 Å². The van der Waals surface area contributed by atoms with E-state index in [1.54, 1.807) is 0 Å². The molecule has 0 aliphatic carbocycles. The van der Waals surface area contributed by atoms with Crippen LogP contribution in [0.2, 0.25) is 0 Å². The van der Waals surface area contributed by atoms with Gasteiger partial charge in [0.1, 0.15) is 0 Å². The van der Waals surface area contributed by atoms with Crippen LogP contribution in [0.25, 0.3) is 0 Å². The summed E-state index contributed by atoms with van der Waals surface area (Å²) in [7, 11) is 0. The van der Waals surface area contributed by atoms with E-state index in [9.17, 15) is 0 Å². The Morgan fingerprint density at radius 2 is 1.67 bits per heavy atom. The molecule has 0 heterocycles. The molecule has 0 saturated heterocycles. The topological polar surface area (TPSA) is 0 Å². The molecular formula is C15H26. The molecule has 0 spiro atoms. The van der Waals surface area contributed by atoms with Gasteiger partial charge in [0.05, 0.1) is 0 Å². The number of unbranched alkanes of at least 4 members (excludes halogenated alkanes) is 4. The Labute approximate surface area is 95.8 Å². The van der Waals surface area contributed by atoms with E-state index in [2.05, 4.69) is 52.0 Å². The first-order chi connectivity index (χ1) is 7.18. The molecule has 0 aromatic rings. The monoisotopic (exact) mass is 206 g/mol. The number of hydrogen-bond acceptors (Lipinski definition) is 0. The van der Waals surface area contributed by atoms with Gasteiger partial charge in [-0.3, -0.25) is 0 Å². The first-order valence-electron chi connectivity index (χ1n) is 6.15. The van der Waals surface area contributed by atoms with Crippen LogP contribution in [0.5, 0.6) is 0 Å². The Kier molecular flexibility index (Phi) is 9.26. The minimum Gasteiger partial charge on any atom is -0.0845 e. The fourth-order valence-corrected chi connectivity index (χ4v) is 1.23. The average Bonchev–Trinajstić information content (AvgIpc) is 2.21. The van der Waals surface area contributed by atoms with Crippen LogP contribution in [0.1, 0.15) is 59.8 Å². The first-order valence-corrected chi connectivity index (χ1v) is 6.15. The summed E-state index contributed by atoms with van der Waals surface area (Å²) in [5, 5.41) is 0. The molecule has 0 bridgehead atoms. The van der Waals surface area contributed by atoms with E-state index in [4.69, 9.17) is 0 Å². The maximum Gasteiger partial charge on any atom is -0.0348 e. The molecule has 86 valence electrons. The van der Waals surface area contributed by atoms with Gasteiger partial charge < -0.3 is 0 Å². The van der Waals surface area contributed by atoms with Crippen LogP contribution in [0.4, 0.5) is 0 Å². The highest BCUT2D eigenvalue weighted by Crippen LogP contribution is 2.04. The fraction of sp³-hybridized carbons (Fsp3) is 0.600. The number of allylic oxidation sites excluding steroid dienone is 6. The highest BCUT2D eigenvalue weighted by Gasteiger charge is 1.84. The molecular weight excluding hydrogens is 180 g/mol. The van der Waals surface area contributed by atoms with Crippen molar-refractivity contribution in [1.29, 1.82) is 0 Å². The lowest BCUT2D eigenvalue weighted by molar-refractivity contribution is 0.674. The van der Waals surface area contributed by atoms with Crippen LogP contribution in [0, 0.1) is 0 Å². The Balaban J connectivity index is 3.58. The van der Waals surface area contributed by atoms with Crippen LogP contribution in [-0.4, -0.2) is 0 Å². The lowest BCUT2D eigenvalue weighted by Crippen LogP contribution is -1.74. The van der Waals surface area contributed by atoms with Crippen molar-refractivity contribution in [2.24, 2.45) is 0 Å². The summed E-state index contributed by atoms with van der Waals surface area (Å²) in [4.78, 5) is 0. The predicted octanol–water partition coefficient (Wildman–Crippen LogP) is 5.43. The smallest absolute Gasteiger partial charge is 0.0348 e. The summed E-state index contributed by atoms with van der Waals surface area (Å²) in [5.41, 5.74) is 2.76. The molecule has 0 aromatic heterocycles. The summed E-state index contributed by atoms with van der Waals surface area (Å²) in [6.45, 7) is 8.70. The molecule has 0 aliphatic rings. The third kappa shape index (κ3) is 9.52. The Bertz CT molecular complexity index is 224. The van der Waals surface area contributed by atoms with Gasteiger partial charge in [-0.15, -0.1) is 0 Å². The van der Waals surface area contributed by atoms with E-state index in [0.717, 1.165) is 0 Å². The number of rotatable bonds is 7. The molecule has 0 aromatic carbocycles. The second-order valence-electron chi connectivity index (χ2n) is 4.32. The standard InChI is InChI=1S/C15H26/c1-5-6-7-8-9-10-11-12-13-15(4)14(2)3/h10-13H,5-9H2,1-4H3. The van der Waals surface area contributed by atoms with Gasteiger partial charge in [0.2, 0.25) is 0 Å². The van der Waals surface area contributed by atoms with Crippen LogP contribution in [0.15, 0.2) is 35.5 Å². The van der Waals surface area contributed by atoms with Crippen LogP contribution >= 0.6 is 0 Å². The normalized spacial score (nSPS) is 11.5. The van der Waals surface area contributed by atoms with Crippen molar-refractivity contribution in [3.63, 3.8) is 0 Å². The molecule has 0 saturated carbocycles. The second-order valence-corrected chi connectivity index (χ2v) is 4.32. The van der Waals surface area contributed by atoms with E-state index in [1.165, 1.54) is 43.3 Å². The summed E-state index contributed by atoms with van der Waals surface area (Å²) < 4.78 is 0.